The molecule has 0 saturated heterocycles. The fraction of sp³-hybridized carbons (Fsp3) is 0.231. The van der Waals surface area contributed by atoms with Crippen LogP contribution in [0.3, 0.4) is 0 Å². The molecule has 3 aromatic carbocycles. The Bertz CT molecular complexity index is 1280. The van der Waals surface area contributed by atoms with Crippen molar-refractivity contribution in [1.29, 1.82) is 0 Å². The van der Waals surface area contributed by atoms with Crippen LogP contribution >= 0.6 is 0 Å². The molecule has 32 heavy (non-hydrogen) atoms. The van der Waals surface area contributed by atoms with E-state index in [-0.39, 0.29) is 11.9 Å². The molecule has 6 heteroatoms. The number of rotatable bonds is 7. The molecule has 4 aromatic rings. The summed E-state index contributed by atoms with van der Waals surface area (Å²) in [6.45, 7) is 2.28. The van der Waals surface area contributed by atoms with Gasteiger partial charge in [-0.3, -0.25) is 9.89 Å². The number of fused-ring (bicyclic) bond motifs is 1. The van der Waals surface area contributed by atoms with Crippen LogP contribution in [-0.4, -0.2) is 28.8 Å². The second kappa shape index (κ2) is 8.48. The topological polar surface area (TPSA) is 93.0 Å². The van der Waals surface area contributed by atoms with Gasteiger partial charge in [0.1, 0.15) is 5.75 Å². The van der Waals surface area contributed by atoms with E-state index >= 15 is 0 Å². The molecule has 4 N–H and O–H groups in total. The number of carbonyl (C=O) groups is 1. The first-order valence-corrected chi connectivity index (χ1v) is 10.9. The minimum atomic E-state index is -0.293. The SMILES string of the molecule is Cc1n[nH]c2ccc(-c3cccc(C(=O)NC(CN)c4cccc(OC5CC5)c4)c3)cc12. The molecule has 1 aliphatic carbocycles. The van der Waals surface area contributed by atoms with Gasteiger partial charge in [-0.1, -0.05) is 30.3 Å². The minimum Gasteiger partial charge on any atom is -0.490 e. The van der Waals surface area contributed by atoms with Crippen molar-refractivity contribution in [3.05, 3.63) is 83.6 Å². The number of aromatic amines is 1. The highest BCUT2D eigenvalue weighted by molar-refractivity contribution is 5.96. The summed E-state index contributed by atoms with van der Waals surface area (Å²) >= 11 is 0. The maximum atomic E-state index is 13.1. The summed E-state index contributed by atoms with van der Waals surface area (Å²) in [6, 6.07) is 21.3. The van der Waals surface area contributed by atoms with Crippen molar-refractivity contribution in [3.63, 3.8) is 0 Å². The van der Waals surface area contributed by atoms with Crippen LogP contribution in [0, 0.1) is 6.92 Å². The van der Waals surface area contributed by atoms with Crippen LogP contribution in [0.15, 0.2) is 66.7 Å². The predicted molar refractivity (Wildman–Crippen MR) is 126 cm³/mol. The molecule has 0 radical (unpaired) electrons. The van der Waals surface area contributed by atoms with Gasteiger partial charge >= 0.3 is 0 Å². The lowest BCUT2D eigenvalue weighted by molar-refractivity contribution is 0.0937. The van der Waals surface area contributed by atoms with Crippen molar-refractivity contribution >= 4 is 16.8 Å². The molecule has 0 bridgehead atoms. The Hall–Kier alpha value is -3.64. The van der Waals surface area contributed by atoms with Crippen LogP contribution in [0.4, 0.5) is 0 Å². The lowest BCUT2D eigenvalue weighted by Gasteiger charge is -2.18. The number of ether oxygens (including phenoxy) is 1. The minimum absolute atomic E-state index is 0.156. The number of hydrogen-bond acceptors (Lipinski definition) is 4. The molecular weight excluding hydrogens is 400 g/mol. The predicted octanol–water partition coefficient (Wildman–Crippen LogP) is 4.51. The van der Waals surface area contributed by atoms with Gasteiger partial charge < -0.3 is 15.8 Å². The van der Waals surface area contributed by atoms with E-state index in [0.717, 1.165) is 51.9 Å². The van der Waals surface area contributed by atoms with E-state index < -0.39 is 0 Å². The van der Waals surface area contributed by atoms with Crippen LogP contribution in [0.1, 0.15) is 40.5 Å². The van der Waals surface area contributed by atoms with Crippen molar-refractivity contribution in [2.24, 2.45) is 5.73 Å². The zero-order chi connectivity index (χ0) is 22.1. The summed E-state index contributed by atoms with van der Waals surface area (Å²) in [5.74, 6) is 0.668. The van der Waals surface area contributed by atoms with Gasteiger partial charge in [-0.2, -0.15) is 5.10 Å². The van der Waals surface area contributed by atoms with E-state index in [1.165, 1.54) is 0 Å². The molecular formula is C26H26N4O2. The van der Waals surface area contributed by atoms with Gasteiger partial charge in [0.05, 0.1) is 23.4 Å². The molecule has 162 valence electrons. The molecule has 6 nitrogen and oxygen atoms in total. The molecule has 0 aliphatic heterocycles. The van der Waals surface area contributed by atoms with Crippen molar-refractivity contribution in [1.82, 2.24) is 15.5 Å². The number of aromatic nitrogens is 2. The van der Waals surface area contributed by atoms with Crippen molar-refractivity contribution in [2.75, 3.05) is 6.54 Å². The summed E-state index contributed by atoms with van der Waals surface area (Å²) in [7, 11) is 0. The molecule has 1 aliphatic rings. The molecule has 1 unspecified atom stereocenters. The van der Waals surface area contributed by atoms with E-state index in [2.05, 4.69) is 21.6 Å². The van der Waals surface area contributed by atoms with Crippen molar-refractivity contribution < 1.29 is 9.53 Å². The van der Waals surface area contributed by atoms with Gasteiger partial charge in [0, 0.05) is 17.5 Å². The number of aryl methyl sites for hydroxylation is 1. The highest BCUT2D eigenvalue weighted by atomic mass is 16.5. The summed E-state index contributed by atoms with van der Waals surface area (Å²) in [5.41, 5.74) is 11.5. The second-order valence-corrected chi connectivity index (χ2v) is 8.30. The van der Waals surface area contributed by atoms with Crippen LogP contribution in [0.2, 0.25) is 0 Å². The molecule has 1 saturated carbocycles. The Kier molecular flexibility index (Phi) is 5.37. The monoisotopic (exact) mass is 426 g/mol. The Morgan fingerprint density at radius 1 is 1.12 bits per heavy atom. The maximum Gasteiger partial charge on any atom is 0.251 e. The maximum absolute atomic E-state index is 13.1. The van der Waals surface area contributed by atoms with Gasteiger partial charge in [-0.05, 0) is 72.9 Å². The standard InChI is InChI=1S/C26H26N4O2/c1-16-23-14-18(8-11-24(23)30-29-16)17-4-2-6-20(12-17)26(31)28-25(15-27)19-5-3-7-22(13-19)32-21-9-10-21/h2-8,11-14,21,25H,9-10,15,27H2,1H3,(H,28,31)(H,29,30). The van der Waals surface area contributed by atoms with Gasteiger partial charge in [-0.15, -0.1) is 0 Å². The second-order valence-electron chi connectivity index (χ2n) is 8.30. The van der Waals surface area contributed by atoms with E-state index in [9.17, 15) is 4.79 Å². The third-order valence-corrected chi connectivity index (χ3v) is 5.84. The lowest BCUT2D eigenvalue weighted by atomic mass is 10.0. The van der Waals surface area contributed by atoms with E-state index in [1.807, 2.05) is 67.6 Å². The zero-order valence-electron chi connectivity index (χ0n) is 18.0. The normalized spacial score (nSPS) is 14.3. The fourth-order valence-corrected chi connectivity index (χ4v) is 3.87. The molecule has 0 spiro atoms. The van der Waals surface area contributed by atoms with Gasteiger partial charge in [0.15, 0.2) is 0 Å². The summed E-state index contributed by atoms with van der Waals surface area (Å²) in [5, 5.41) is 11.4. The Morgan fingerprint density at radius 3 is 2.75 bits per heavy atom. The Morgan fingerprint density at radius 2 is 1.94 bits per heavy atom. The number of nitrogens with zero attached hydrogens (tertiary/aromatic N) is 1. The molecule has 1 atom stereocenters. The van der Waals surface area contributed by atoms with Crippen LogP contribution < -0.4 is 15.8 Å². The molecule has 1 aromatic heterocycles. The highest BCUT2D eigenvalue weighted by Gasteiger charge is 2.24. The number of nitrogens with two attached hydrogens (primary N) is 1. The quantitative estimate of drug-likeness (QED) is 0.405. The zero-order valence-corrected chi connectivity index (χ0v) is 18.0. The number of amides is 1. The van der Waals surface area contributed by atoms with Gasteiger partial charge in [0.2, 0.25) is 0 Å². The first kappa shape index (κ1) is 20.3. The smallest absolute Gasteiger partial charge is 0.251 e. The van der Waals surface area contributed by atoms with Gasteiger partial charge in [-0.25, -0.2) is 0 Å². The van der Waals surface area contributed by atoms with Crippen molar-refractivity contribution in [2.45, 2.75) is 31.9 Å². The van der Waals surface area contributed by atoms with Crippen LogP contribution in [0.25, 0.3) is 22.0 Å². The van der Waals surface area contributed by atoms with E-state index in [1.54, 1.807) is 0 Å². The van der Waals surface area contributed by atoms with E-state index in [0.29, 0.717) is 18.2 Å². The first-order valence-electron chi connectivity index (χ1n) is 10.9. The highest BCUT2D eigenvalue weighted by Crippen LogP contribution is 2.29. The Balaban J connectivity index is 1.36. The summed E-state index contributed by atoms with van der Waals surface area (Å²) in [6.07, 6.45) is 2.53. The largest absolute Gasteiger partial charge is 0.490 e. The van der Waals surface area contributed by atoms with E-state index in [4.69, 9.17) is 10.5 Å². The molecule has 1 fully saturated rings. The summed E-state index contributed by atoms with van der Waals surface area (Å²) in [4.78, 5) is 13.1. The summed E-state index contributed by atoms with van der Waals surface area (Å²) < 4.78 is 5.89. The van der Waals surface area contributed by atoms with Gasteiger partial charge in [0.25, 0.3) is 5.91 Å². The van der Waals surface area contributed by atoms with Crippen LogP contribution in [0.5, 0.6) is 5.75 Å². The average Bonchev–Trinajstić information content (AvgIpc) is 3.57. The fourth-order valence-electron chi connectivity index (χ4n) is 3.87. The van der Waals surface area contributed by atoms with Crippen LogP contribution in [-0.2, 0) is 0 Å². The van der Waals surface area contributed by atoms with Crippen molar-refractivity contribution in [3.8, 4) is 16.9 Å². The lowest BCUT2D eigenvalue weighted by Crippen LogP contribution is -2.33. The molecule has 5 rings (SSSR count). The molecule has 1 heterocycles. The third-order valence-electron chi connectivity index (χ3n) is 5.84. The number of benzene rings is 3. The first-order chi connectivity index (χ1) is 15.6. The number of nitrogens with one attached hydrogen (secondary N) is 2. The molecule has 1 amide bonds. The number of H-pyrrole nitrogens is 1. The third kappa shape index (κ3) is 4.22. The number of carbonyl (C=O) groups excluding carboxylic acids is 1. The average molecular weight is 427 g/mol. The Labute approximate surface area is 186 Å². The number of hydrogen-bond donors (Lipinski definition) is 3.